The summed E-state index contributed by atoms with van der Waals surface area (Å²) >= 11 is 12.0. The number of aromatic nitrogens is 3. The van der Waals surface area contributed by atoms with Crippen LogP contribution < -0.4 is 5.32 Å². The third kappa shape index (κ3) is 1.71. The van der Waals surface area contributed by atoms with Gasteiger partial charge < -0.3 is 9.88 Å². The number of alkyl halides is 1. The van der Waals surface area contributed by atoms with Crippen molar-refractivity contribution in [1.29, 1.82) is 0 Å². The van der Waals surface area contributed by atoms with Gasteiger partial charge in [-0.25, -0.2) is 4.99 Å². The van der Waals surface area contributed by atoms with E-state index in [1.807, 2.05) is 30.1 Å². The Kier molecular flexibility index (Phi) is 2.38. The van der Waals surface area contributed by atoms with Crippen molar-refractivity contribution in [2.24, 2.45) is 12.0 Å². The fraction of sp³-hybridized carbons (Fsp3) is 0.200. The molecule has 0 fully saturated rings. The van der Waals surface area contributed by atoms with E-state index in [0.717, 1.165) is 17.1 Å². The first-order valence-electron chi connectivity index (χ1n) is 5.00. The molecule has 17 heavy (non-hydrogen) atoms. The molecule has 0 radical (unpaired) electrons. The van der Waals surface area contributed by atoms with Crippen molar-refractivity contribution >= 4 is 34.1 Å². The summed E-state index contributed by atoms with van der Waals surface area (Å²) < 4.78 is 3.65. The van der Waals surface area contributed by atoms with E-state index in [9.17, 15) is 0 Å². The highest BCUT2D eigenvalue weighted by Gasteiger charge is 2.22. The highest BCUT2D eigenvalue weighted by molar-refractivity contribution is 6.70. The zero-order valence-electron chi connectivity index (χ0n) is 8.93. The summed E-state index contributed by atoms with van der Waals surface area (Å²) in [6.07, 6.45) is 5.57. The predicted octanol–water partition coefficient (Wildman–Crippen LogP) is 2.14. The summed E-state index contributed by atoms with van der Waals surface area (Å²) in [6.45, 7) is 0. The summed E-state index contributed by atoms with van der Waals surface area (Å²) in [5, 5.41) is 7.56. The van der Waals surface area contributed by atoms with E-state index in [2.05, 4.69) is 15.4 Å². The monoisotopic (exact) mass is 269 g/mol. The maximum Gasteiger partial charge on any atom is 0.197 e. The molecule has 0 saturated carbocycles. The molecule has 7 heteroatoms. The molecular formula is C10H9Cl2N5. The Morgan fingerprint density at radius 2 is 2.29 bits per heavy atom. The molecular weight excluding hydrogens is 261 g/mol. The van der Waals surface area contributed by atoms with Gasteiger partial charge in [-0.2, -0.15) is 5.10 Å². The average molecular weight is 270 g/mol. The molecule has 0 spiro atoms. The van der Waals surface area contributed by atoms with E-state index in [4.69, 9.17) is 23.2 Å². The fourth-order valence-corrected chi connectivity index (χ4v) is 2.38. The summed E-state index contributed by atoms with van der Waals surface area (Å²) in [6, 6.07) is 1.91. The minimum absolute atomic E-state index is 0.396. The summed E-state index contributed by atoms with van der Waals surface area (Å²) in [7, 11) is 1.86. The number of nitrogens with one attached hydrogen (secondary N) is 1. The van der Waals surface area contributed by atoms with Crippen molar-refractivity contribution in [3.63, 3.8) is 0 Å². The molecule has 0 saturated heterocycles. The standard InChI is InChI=1S/C10H9Cl2N5/c1-16-5-6(4-13-16)17-3-2-7-8(17)9(11)15-10(12)14-7/h2-5,10,14H,1H3. The first-order valence-corrected chi connectivity index (χ1v) is 5.81. The highest BCUT2D eigenvalue weighted by Crippen LogP contribution is 2.28. The van der Waals surface area contributed by atoms with Gasteiger partial charge in [0.25, 0.3) is 0 Å². The van der Waals surface area contributed by atoms with Crippen LogP contribution in [0.2, 0.25) is 0 Å². The lowest BCUT2D eigenvalue weighted by Gasteiger charge is -2.17. The molecule has 1 N–H and O–H groups in total. The van der Waals surface area contributed by atoms with Gasteiger partial charge in [0, 0.05) is 19.4 Å². The van der Waals surface area contributed by atoms with Crippen LogP contribution >= 0.6 is 23.2 Å². The lowest BCUT2D eigenvalue weighted by Crippen LogP contribution is -2.19. The molecule has 2 aromatic heterocycles. The number of hydrogen-bond donors (Lipinski definition) is 1. The Morgan fingerprint density at radius 3 is 3.00 bits per heavy atom. The zero-order valence-corrected chi connectivity index (χ0v) is 10.4. The molecule has 0 aromatic carbocycles. The molecule has 2 aromatic rings. The largest absolute Gasteiger partial charge is 0.349 e. The molecule has 1 aliphatic rings. The molecule has 3 heterocycles. The number of nitrogens with zero attached hydrogens (tertiary/aromatic N) is 4. The Balaban J connectivity index is 2.14. The Morgan fingerprint density at radius 1 is 1.47 bits per heavy atom. The van der Waals surface area contributed by atoms with E-state index in [-0.39, 0.29) is 0 Å². The van der Waals surface area contributed by atoms with Crippen LogP contribution in [0.5, 0.6) is 0 Å². The number of hydrogen-bond acceptors (Lipinski definition) is 3. The van der Waals surface area contributed by atoms with Gasteiger partial charge in [-0.05, 0) is 6.07 Å². The van der Waals surface area contributed by atoms with Crippen molar-refractivity contribution in [1.82, 2.24) is 14.3 Å². The lowest BCUT2D eigenvalue weighted by atomic mass is 10.3. The highest BCUT2D eigenvalue weighted by atomic mass is 35.5. The molecule has 1 atom stereocenters. The Bertz CT molecular complexity index is 598. The van der Waals surface area contributed by atoms with Crippen molar-refractivity contribution in [2.45, 2.75) is 5.62 Å². The van der Waals surface area contributed by atoms with Crippen LogP contribution in [0.1, 0.15) is 5.69 Å². The zero-order chi connectivity index (χ0) is 12.0. The van der Waals surface area contributed by atoms with Gasteiger partial charge in [-0.3, -0.25) is 4.68 Å². The first-order chi connectivity index (χ1) is 8.15. The summed E-state index contributed by atoms with van der Waals surface area (Å²) in [5.74, 6) is 0. The first kappa shape index (κ1) is 10.7. The van der Waals surface area contributed by atoms with Gasteiger partial charge in [0.1, 0.15) is 5.69 Å². The molecule has 1 unspecified atom stereocenters. The second-order valence-corrected chi connectivity index (χ2v) is 4.49. The lowest BCUT2D eigenvalue weighted by molar-refractivity contribution is 0.767. The number of rotatable bonds is 1. The third-order valence-corrected chi connectivity index (χ3v) is 3.04. The van der Waals surface area contributed by atoms with Crippen molar-refractivity contribution in [3.8, 4) is 5.69 Å². The predicted molar refractivity (Wildman–Crippen MR) is 68.2 cm³/mol. The summed E-state index contributed by atoms with van der Waals surface area (Å²) in [5.41, 5.74) is 2.09. The second kappa shape index (κ2) is 3.78. The van der Waals surface area contributed by atoms with Gasteiger partial charge in [0.15, 0.2) is 10.8 Å². The van der Waals surface area contributed by atoms with Crippen molar-refractivity contribution in [2.75, 3.05) is 5.32 Å². The number of aliphatic imine (C=N–C) groups is 1. The minimum Gasteiger partial charge on any atom is -0.349 e. The molecule has 0 bridgehead atoms. The second-order valence-electron chi connectivity index (χ2n) is 3.72. The van der Waals surface area contributed by atoms with E-state index in [1.54, 1.807) is 10.9 Å². The van der Waals surface area contributed by atoms with Crippen molar-refractivity contribution < 1.29 is 0 Å². The van der Waals surface area contributed by atoms with Gasteiger partial charge >= 0.3 is 0 Å². The van der Waals surface area contributed by atoms with Gasteiger partial charge in [0.05, 0.1) is 17.6 Å². The van der Waals surface area contributed by atoms with E-state index >= 15 is 0 Å². The molecule has 1 aliphatic heterocycles. The molecule has 3 rings (SSSR count). The number of halogens is 2. The normalized spacial score (nSPS) is 18.5. The van der Waals surface area contributed by atoms with Crippen LogP contribution in [0.4, 0.5) is 5.69 Å². The third-order valence-electron chi connectivity index (χ3n) is 2.55. The van der Waals surface area contributed by atoms with Crippen LogP contribution in [-0.2, 0) is 7.05 Å². The topological polar surface area (TPSA) is 47.1 Å². The Labute approximate surface area is 108 Å². The molecule has 0 aliphatic carbocycles. The SMILES string of the molecule is Cn1cc(-n2ccc3c2C(Cl)=NC(Cl)N3)cn1. The minimum atomic E-state index is -0.514. The smallest absolute Gasteiger partial charge is 0.197 e. The van der Waals surface area contributed by atoms with Crippen LogP contribution in [0.3, 0.4) is 0 Å². The van der Waals surface area contributed by atoms with Gasteiger partial charge in [-0.1, -0.05) is 23.2 Å². The Hall–Kier alpha value is -1.46. The van der Waals surface area contributed by atoms with Crippen LogP contribution in [0.15, 0.2) is 29.6 Å². The van der Waals surface area contributed by atoms with Crippen molar-refractivity contribution in [3.05, 3.63) is 30.4 Å². The van der Waals surface area contributed by atoms with E-state index < -0.39 is 5.62 Å². The van der Waals surface area contributed by atoms with Crippen LogP contribution in [0.25, 0.3) is 5.69 Å². The fourth-order valence-electron chi connectivity index (χ4n) is 1.83. The molecule has 5 nitrogen and oxygen atoms in total. The van der Waals surface area contributed by atoms with Gasteiger partial charge in [-0.15, -0.1) is 0 Å². The van der Waals surface area contributed by atoms with Crippen LogP contribution in [-0.4, -0.2) is 25.1 Å². The molecule has 0 amide bonds. The van der Waals surface area contributed by atoms with Crippen LogP contribution in [0, 0.1) is 0 Å². The maximum atomic E-state index is 6.12. The maximum absolute atomic E-state index is 6.12. The number of aryl methyl sites for hydroxylation is 1. The van der Waals surface area contributed by atoms with E-state index in [0.29, 0.717) is 5.17 Å². The van der Waals surface area contributed by atoms with E-state index in [1.165, 1.54) is 0 Å². The quantitative estimate of drug-likeness (QED) is 0.637. The summed E-state index contributed by atoms with van der Waals surface area (Å²) in [4.78, 5) is 4.08. The molecule has 88 valence electrons. The number of anilines is 1. The average Bonchev–Trinajstić information content (AvgIpc) is 2.83. The number of fused-ring (bicyclic) bond motifs is 1. The van der Waals surface area contributed by atoms with Gasteiger partial charge in [0.2, 0.25) is 0 Å².